The third kappa shape index (κ3) is 9.11. The van der Waals surface area contributed by atoms with E-state index in [0.717, 1.165) is 36.5 Å². The SMILES string of the molecule is Clc1ccnc(Cl)n1.Clc1nccc(Cc2cccc(C3=CCN=C3)c2)n1.Nc1cccc(C2=CCN=C2)c1. The summed E-state index contributed by atoms with van der Waals surface area (Å²) in [5.41, 5.74) is 13.3. The van der Waals surface area contributed by atoms with Gasteiger partial charge in [0.05, 0.1) is 13.1 Å². The van der Waals surface area contributed by atoms with Crippen LogP contribution in [0.5, 0.6) is 0 Å². The van der Waals surface area contributed by atoms with E-state index in [1.54, 1.807) is 12.3 Å². The molecule has 2 N–H and O–H groups in total. The molecule has 0 unspecified atom stereocenters. The van der Waals surface area contributed by atoms with Crippen LogP contribution in [0.15, 0.2) is 95.2 Å². The number of nitrogen functional groups attached to an aromatic ring is 1. The molecule has 0 bridgehead atoms. The normalized spacial score (nSPS) is 13.1. The zero-order chi connectivity index (χ0) is 27.5. The molecule has 2 aromatic heterocycles. The minimum absolute atomic E-state index is 0.178. The van der Waals surface area contributed by atoms with E-state index in [1.165, 1.54) is 28.5 Å². The fraction of sp³-hybridized carbons (Fsp3) is 0.103. The summed E-state index contributed by atoms with van der Waals surface area (Å²) in [6.07, 6.45) is 11.9. The van der Waals surface area contributed by atoms with Crippen molar-refractivity contribution in [3.63, 3.8) is 0 Å². The number of rotatable bonds is 4. The zero-order valence-electron chi connectivity index (χ0n) is 20.8. The van der Waals surface area contributed by atoms with E-state index in [9.17, 15) is 0 Å². The van der Waals surface area contributed by atoms with Crippen molar-refractivity contribution < 1.29 is 0 Å². The van der Waals surface area contributed by atoms with Gasteiger partial charge >= 0.3 is 0 Å². The van der Waals surface area contributed by atoms with Gasteiger partial charge in [0.1, 0.15) is 5.15 Å². The van der Waals surface area contributed by atoms with Crippen LogP contribution in [0.1, 0.15) is 22.4 Å². The Hall–Kier alpha value is -3.91. The predicted octanol–water partition coefficient (Wildman–Crippen LogP) is 6.71. The van der Waals surface area contributed by atoms with E-state index < -0.39 is 0 Å². The van der Waals surface area contributed by atoms with Gasteiger partial charge in [0.2, 0.25) is 10.6 Å². The summed E-state index contributed by atoms with van der Waals surface area (Å²) in [6.45, 7) is 1.57. The second kappa shape index (κ2) is 14.3. The van der Waals surface area contributed by atoms with Crippen molar-refractivity contribution in [2.75, 3.05) is 18.8 Å². The fourth-order valence-electron chi connectivity index (χ4n) is 3.67. The molecule has 39 heavy (non-hydrogen) atoms. The molecule has 0 atom stereocenters. The first-order valence-electron chi connectivity index (χ1n) is 11.9. The Balaban J connectivity index is 0.000000150. The Kier molecular flexibility index (Phi) is 10.3. The van der Waals surface area contributed by atoms with Crippen LogP contribution in [0.25, 0.3) is 11.1 Å². The van der Waals surface area contributed by atoms with Gasteiger partial charge in [0, 0.05) is 42.6 Å². The Bertz CT molecular complexity index is 1530. The van der Waals surface area contributed by atoms with Gasteiger partial charge in [-0.25, -0.2) is 19.9 Å². The second-order valence-corrected chi connectivity index (χ2v) is 9.34. The molecule has 0 aliphatic carbocycles. The molecule has 7 nitrogen and oxygen atoms in total. The van der Waals surface area contributed by atoms with E-state index in [2.05, 4.69) is 66.3 Å². The largest absolute Gasteiger partial charge is 0.399 e. The maximum atomic E-state index is 5.80. The zero-order valence-corrected chi connectivity index (χ0v) is 23.0. The van der Waals surface area contributed by atoms with Gasteiger partial charge in [-0.3, -0.25) is 9.98 Å². The molecule has 0 amide bonds. The van der Waals surface area contributed by atoms with E-state index in [0.29, 0.717) is 10.4 Å². The average Bonchev–Trinajstić information content (AvgIpc) is 3.65. The highest BCUT2D eigenvalue weighted by molar-refractivity contribution is 6.31. The van der Waals surface area contributed by atoms with Gasteiger partial charge in [-0.2, -0.15) is 0 Å². The average molecular weight is 577 g/mol. The van der Waals surface area contributed by atoms with Gasteiger partial charge in [-0.05, 0) is 75.3 Å². The van der Waals surface area contributed by atoms with Crippen LogP contribution in [0.4, 0.5) is 5.69 Å². The van der Waals surface area contributed by atoms with Crippen LogP contribution in [0.2, 0.25) is 15.7 Å². The fourth-order valence-corrected chi connectivity index (χ4v) is 4.16. The van der Waals surface area contributed by atoms with Crippen molar-refractivity contribution in [2.24, 2.45) is 9.98 Å². The molecule has 4 heterocycles. The lowest BCUT2D eigenvalue weighted by Crippen LogP contribution is -1.95. The molecule has 0 spiro atoms. The molecular formula is C29H24Cl3N7. The number of nitrogens with two attached hydrogens (primary N) is 1. The number of nitrogens with zero attached hydrogens (tertiary/aromatic N) is 6. The highest BCUT2D eigenvalue weighted by Gasteiger charge is 2.05. The molecule has 2 aromatic carbocycles. The summed E-state index contributed by atoms with van der Waals surface area (Å²) >= 11 is 16.5. The molecule has 6 rings (SSSR count). The highest BCUT2D eigenvalue weighted by atomic mass is 35.5. The number of hydrogen-bond acceptors (Lipinski definition) is 7. The minimum atomic E-state index is 0.178. The first-order chi connectivity index (χ1) is 19.0. The molecule has 2 aliphatic heterocycles. The van der Waals surface area contributed by atoms with Gasteiger partial charge < -0.3 is 5.73 Å². The third-order valence-corrected chi connectivity index (χ3v) is 6.01. The molecule has 0 saturated carbocycles. The highest BCUT2D eigenvalue weighted by Crippen LogP contribution is 2.19. The monoisotopic (exact) mass is 575 g/mol. The first-order valence-corrected chi connectivity index (χ1v) is 13.1. The molecule has 0 fully saturated rings. The number of benzene rings is 2. The van der Waals surface area contributed by atoms with Crippen LogP contribution in [-0.4, -0.2) is 45.5 Å². The van der Waals surface area contributed by atoms with Gasteiger partial charge in [0.25, 0.3) is 0 Å². The Morgan fingerprint density at radius 2 is 1.31 bits per heavy atom. The molecular weight excluding hydrogens is 553 g/mol. The standard InChI is InChI=1S/C15H12ClN3.C10H10N2.C4H2Cl2N2/c16-15-18-7-5-14(19-15)9-11-2-1-3-12(8-11)13-4-6-17-10-13;11-10-3-1-2-8(6-10)9-4-5-12-7-9;5-3-1-2-7-4(6)8-3/h1-5,7-8,10H,6,9H2;1-4,6-7H,5,11H2;1-2H. The quantitative estimate of drug-likeness (QED) is 0.165. The van der Waals surface area contributed by atoms with E-state index in [4.69, 9.17) is 40.5 Å². The lowest BCUT2D eigenvalue weighted by molar-refractivity contribution is 1.03. The summed E-state index contributed by atoms with van der Waals surface area (Å²) in [7, 11) is 0. The maximum absolute atomic E-state index is 5.80. The summed E-state index contributed by atoms with van der Waals surface area (Å²) in [5.74, 6) is 0. The van der Waals surface area contributed by atoms with Crippen LogP contribution >= 0.6 is 34.8 Å². The van der Waals surface area contributed by atoms with Gasteiger partial charge in [-0.15, -0.1) is 0 Å². The summed E-state index contributed by atoms with van der Waals surface area (Å²) in [6, 6.07) is 19.7. The second-order valence-electron chi connectivity index (χ2n) is 8.28. The van der Waals surface area contributed by atoms with E-state index in [1.807, 2.05) is 42.8 Å². The Labute approximate surface area is 241 Å². The van der Waals surface area contributed by atoms with E-state index in [-0.39, 0.29) is 5.28 Å². The predicted molar refractivity (Wildman–Crippen MR) is 162 cm³/mol. The minimum Gasteiger partial charge on any atom is -0.399 e. The van der Waals surface area contributed by atoms with Gasteiger partial charge in [-0.1, -0.05) is 60.2 Å². The Morgan fingerprint density at radius 1 is 0.692 bits per heavy atom. The number of aliphatic imine (C=N–C) groups is 2. The van der Waals surface area contributed by atoms with Crippen molar-refractivity contribution in [2.45, 2.75) is 6.42 Å². The maximum Gasteiger partial charge on any atom is 0.223 e. The number of aromatic nitrogens is 4. The van der Waals surface area contributed by atoms with Crippen LogP contribution in [0, 0.1) is 0 Å². The van der Waals surface area contributed by atoms with Crippen LogP contribution in [-0.2, 0) is 6.42 Å². The summed E-state index contributed by atoms with van der Waals surface area (Å²) in [4.78, 5) is 23.6. The third-order valence-electron chi connectivity index (χ3n) is 5.44. The lowest BCUT2D eigenvalue weighted by Gasteiger charge is -2.05. The van der Waals surface area contributed by atoms with Crippen LogP contribution < -0.4 is 5.73 Å². The van der Waals surface area contributed by atoms with Crippen LogP contribution in [0.3, 0.4) is 0 Å². The van der Waals surface area contributed by atoms with Crippen molar-refractivity contribution in [1.29, 1.82) is 0 Å². The Morgan fingerprint density at radius 3 is 1.85 bits per heavy atom. The molecule has 0 saturated heterocycles. The molecule has 196 valence electrons. The lowest BCUT2D eigenvalue weighted by atomic mass is 10.0. The molecule has 4 aromatic rings. The van der Waals surface area contributed by atoms with Crippen molar-refractivity contribution >= 4 is 64.1 Å². The number of anilines is 1. The number of halogens is 3. The topological polar surface area (TPSA) is 102 Å². The number of hydrogen-bond donors (Lipinski definition) is 1. The molecule has 10 heteroatoms. The summed E-state index contributed by atoms with van der Waals surface area (Å²) in [5, 5.41) is 0.835. The van der Waals surface area contributed by atoms with Gasteiger partial charge in [0.15, 0.2) is 0 Å². The molecule has 2 aliphatic rings. The van der Waals surface area contributed by atoms with Crippen molar-refractivity contribution in [3.05, 3.63) is 123 Å². The molecule has 0 radical (unpaired) electrons. The van der Waals surface area contributed by atoms with E-state index >= 15 is 0 Å². The van der Waals surface area contributed by atoms with Crippen molar-refractivity contribution in [3.8, 4) is 0 Å². The summed E-state index contributed by atoms with van der Waals surface area (Å²) < 4.78 is 0. The van der Waals surface area contributed by atoms with Crippen molar-refractivity contribution in [1.82, 2.24) is 19.9 Å². The smallest absolute Gasteiger partial charge is 0.223 e. The first kappa shape index (κ1) is 28.1. The number of allylic oxidation sites excluding steroid dienone is 2.